The van der Waals surface area contributed by atoms with E-state index < -0.39 is 0 Å². The molecule has 2 aromatic heterocycles. The van der Waals surface area contributed by atoms with Crippen molar-refractivity contribution in [2.75, 3.05) is 59.5 Å². The predicted molar refractivity (Wildman–Crippen MR) is 150 cm³/mol. The maximum absolute atomic E-state index is 13.8. The lowest BCUT2D eigenvalue weighted by Crippen LogP contribution is -2.51. The Labute approximate surface area is 228 Å². The van der Waals surface area contributed by atoms with E-state index >= 15 is 0 Å². The second kappa shape index (κ2) is 11.8. The van der Waals surface area contributed by atoms with E-state index in [9.17, 15) is 9.59 Å². The number of likely N-dealkylation sites (tertiary alicyclic amines) is 1. The van der Waals surface area contributed by atoms with Crippen molar-refractivity contribution in [1.82, 2.24) is 19.3 Å². The first-order valence-corrected chi connectivity index (χ1v) is 14.6. The van der Waals surface area contributed by atoms with Crippen LogP contribution in [0.2, 0.25) is 0 Å². The molecule has 1 aromatic carbocycles. The Hall–Kier alpha value is -3.04. The van der Waals surface area contributed by atoms with Crippen LogP contribution in [0.25, 0.3) is 10.2 Å². The van der Waals surface area contributed by atoms with Gasteiger partial charge in [-0.15, -0.1) is 11.3 Å². The largest absolute Gasteiger partial charge is 0.497 e. The van der Waals surface area contributed by atoms with Crippen molar-refractivity contribution >= 4 is 33.4 Å². The lowest BCUT2D eigenvalue weighted by atomic mass is 9.94. The van der Waals surface area contributed by atoms with Gasteiger partial charge >= 0.3 is 0 Å². The molecule has 3 aromatic rings. The van der Waals surface area contributed by atoms with Gasteiger partial charge in [-0.2, -0.15) is 0 Å². The molecular formula is C29H38N4O4S. The van der Waals surface area contributed by atoms with Crippen molar-refractivity contribution in [3.8, 4) is 11.5 Å². The molecule has 0 radical (unpaired) electrons. The highest BCUT2D eigenvalue weighted by atomic mass is 32.1. The number of benzene rings is 1. The highest BCUT2D eigenvalue weighted by molar-refractivity contribution is 7.17. The number of likely N-dealkylation sites (N-methyl/N-ethyl adjacent to an activating group) is 1. The molecule has 2 aliphatic rings. The van der Waals surface area contributed by atoms with Crippen molar-refractivity contribution < 1.29 is 19.1 Å². The molecule has 204 valence electrons. The summed E-state index contributed by atoms with van der Waals surface area (Å²) in [7, 11) is 1.64. The number of rotatable bonds is 8. The average Bonchev–Trinajstić information content (AvgIpc) is 3.56. The van der Waals surface area contributed by atoms with Crippen LogP contribution in [0, 0.1) is 5.92 Å². The molecule has 0 N–H and O–H groups in total. The summed E-state index contributed by atoms with van der Waals surface area (Å²) in [6.45, 7) is 11.0. The van der Waals surface area contributed by atoms with Crippen LogP contribution >= 0.6 is 11.3 Å². The Balaban J connectivity index is 1.30. The minimum absolute atomic E-state index is 0.00977. The molecule has 2 amide bonds. The lowest BCUT2D eigenvalue weighted by Gasteiger charge is -2.38. The molecule has 5 rings (SSSR count). The van der Waals surface area contributed by atoms with Crippen LogP contribution in [0.5, 0.6) is 11.5 Å². The minimum Gasteiger partial charge on any atom is -0.497 e. The summed E-state index contributed by atoms with van der Waals surface area (Å²) in [5, 5.41) is 2.06. The molecular weight excluding hydrogens is 500 g/mol. The fraction of sp³-hybridized carbons (Fsp3) is 0.517. The number of carbonyl (C=O) groups is 2. The molecule has 2 aliphatic heterocycles. The van der Waals surface area contributed by atoms with Crippen LogP contribution in [0.4, 0.5) is 0 Å². The van der Waals surface area contributed by atoms with Gasteiger partial charge in [0.1, 0.15) is 17.2 Å². The van der Waals surface area contributed by atoms with Gasteiger partial charge in [-0.25, -0.2) is 0 Å². The van der Waals surface area contributed by atoms with E-state index in [1.54, 1.807) is 18.4 Å². The van der Waals surface area contributed by atoms with Crippen molar-refractivity contribution in [3.05, 3.63) is 47.0 Å². The smallest absolute Gasteiger partial charge is 0.270 e. The number of amides is 2. The fourth-order valence-corrected chi connectivity index (χ4v) is 6.43. The minimum atomic E-state index is 0.00977. The zero-order chi connectivity index (χ0) is 26.6. The normalized spacial score (nSPS) is 17.2. The molecule has 0 spiro atoms. The van der Waals surface area contributed by atoms with Gasteiger partial charge in [0.2, 0.25) is 5.91 Å². The molecule has 0 unspecified atom stereocenters. The Kier molecular flexibility index (Phi) is 8.24. The Morgan fingerprint density at radius 1 is 0.974 bits per heavy atom. The molecule has 0 bridgehead atoms. The van der Waals surface area contributed by atoms with Gasteiger partial charge in [0.25, 0.3) is 5.91 Å². The second-order valence-electron chi connectivity index (χ2n) is 10.0. The molecule has 2 fully saturated rings. The number of piperazine rings is 1. The number of nitrogens with zero attached hydrogens (tertiary/aromatic N) is 4. The molecule has 0 atom stereocenters. The molecule has 0 aliphatic carbocycles. The van der Waals surface area contributed by atoms with Crippen LogP contribution in [-0.4, -0.2) is 90.6 Å². The number of ether oxygens (including phenoxy) is 2. The number of fused-ring (bicyclic) bond motifs is 1. The lowest BCUT2D eigenvalue weighted by molar-refractivity contribution is -0.138. The number of aromatic nitrogens is 1. The molecule has 2 saturated heterocycles. The first-order chi connectivity index (χ1) is 18.5. The SMILES string of the molecule is CCOc1cc(OC)ccc1Cn1c(C(=O)N2CCC(C(=O)N3CCN(CC)CC3)CC2)cc2sccc21. The number of piperidine rings is 1. The van der Waals surface area contributed by atoms with E-state index in [1.807, 2.05) is 41.0 Å². The fourth-order valence-electron chi connectivity index (χ4n) is 5.61. The van der Waals surface area contributed by atoms with Gasteiger partial charge in [-0.1, -0.05) is 6.92 Å². The van der Waals surface area contributed by atoms with E-state index in [2.05, 4.69) is 27.8 Å². The maximum atomic E-state index is 13.8. The zero-order valence-electron chi connectivity index (χ0n) is 22.6. The van der Waals surface area contributed by atoms with Crippen molar-refractivity contribution in [2.45, 2.75) is 33.2 Å². The standard InChI is InChI=1S/C29H38N4O4S/c1-4-30-13-15-32(16-14-30)28(34)21-8-11-31(12-9-21)29(35)25-19-27-24(10-17-38-27)33(25)20-22-6-7-23(36-3)18-26(22)37-5-2/h6-7,10,17-19,21H,4-5,8-9,11-16,20H2,1-3H3. The van der Waals surface area contributed by atoms with Crippen LogP contribution in [-0.2, 0) is 11.3 Å². The predicted octanol–water partition coefficient (Wildman–Crippen LogP) is 4.17. The highest BCUT2D eigenvalue weighted by Gasteiger charge is 2.33. The number of hydrogen-bond donors (Lipinski definition) is 0. The van der Waals surface area contributed by atoms with Crippen molar-refractivity contribution in [1.29, 1.82) is 0 Å². The Bertz CT molecular complexity index is 1270. The van der Waals surface area contributed by atoms with Gasteiger partial charge in [0.15, 0.2) is 0 Å². The number of methoxy groups -OCH3 is 1. The topological polar surface area (TPSA) is 67.2 Å². The molecule has 4 heterocycles. The Morgan fingerprint density at radius 3 is 2.42 bits per heavy atom. The molecule has 0 saturated carbocycles. The van der Waals surface area contributed by atoms with Gasteiger partial charge in [-0.3, -0.25) is 9.59 Å². The van der Waals surface area contributed by atoms with Crippen molar-refractivity contribution in [2.24, 2.45) is 5.92 Å². The van der Waals surface area contributed by atoms with Crippen molar-refractivity contribution in [3.63, 3.8) is 0 Å². The van der Waals surface area contributed by atoms with Gasteiger partial charge < -0.3 is 28.7 Å². The van der Waals surface area contributed by atoms with Crippen LogP contribution in [0.15, 0.2) is 35.7 Å². The first-order valence-electron chi connectivity index (χ1n) is 13.7. The zero-order valence-corrected chi connectivity index (χ0v) is 23.5. The van der Waals surface area contributed by atoms with E-state index in [-0.39, 0.29) is 17.7 Å². The maximum Gasteiger partial charge on any atom is 0.270 e. The molecule has 38 heavy (non-hydrogen) atoms. The summed E-state index contributed by atoms with van der Waals surface area (Å²) in [6, 6.07) is 9.92. The van der Waals surface area contributed by atoms with Crippen LogP contribution < -0.4 is 9.47 Å². The monoisotopic (exact) mass is 538 g/mol. The molecule has 9 heteroatoms. The van der Waals surface area contributed by atoms with Gasteiger partial charge in [-0.05, 0) is 56.0 Å². The number of thiophene rings is 1. The molecule has 8 nitrogen and oxygen atoms in total. The summed E-state index contributed by atoms with van der Waals surface area (Å²) in [5.41, 5.74) is 2.73. The summed E-state index contributed by atoms with van der Waals surface area (Å²) in [4.78, 5) is 33.3. The Morgan fingerprint density at radius 2 is 1.74 bits per heavy atom. The third-order valence-corrected chi connectivity index (χ3v) is 8.76. The quantitative estimate of drug-likeness (QED) is 0.431. The van der Waals surface area contributed by atoms with E-state index in [0.29, 0.717) is 31.9 Å². The van der Waals surface area contributed by atoms with E-state index in [0.717, 1.165) is 72.8 Å². The average molecular weight is 539 g/mol. The summed E-state index contributed by atoms with van der Waals surface area (Å²) < 4.78 is 14.5. The van der Waals surface area contributed by atoms with Crippen LogP contribution in [0.3, 0.4) is 0 Å². The third-order valence-electron chi connectivity index (χ3n) is 7.91. The third kappa shape index (κ3) is 5.40. The van der Waals surface area contributed by atoms with Gasteiger partial charge in [0.05, 0.1) is 30.5 Å². The van der Waals surface area contributed by atoms with E-state index in [1.165, 1.54) is 0 Å². The van der Waals surface area contributed by atoms with E-state index in [4.69, 9.17) is 9.47 Å². The van der Waals surface area contributed by atoms with Gasteiger partial charge in [0, 0.05) is 56.8 Å². The first kappa shape index (κ1) is 26.6. The highest BCUT2D eigenvalue weighted by Crippen LogP contribution is 2.32. The summed E-state index contributed by atoms with van der Waals surface area (Å²) in [6.07, 6.45) is 1.45. The second-order valence-corrected chi connectivity index (χ2v) is 11.0. The van der Waals surface area contributed by atoms with Crippen LogP contribution in [0.1, 0.15) is 42.7 Å². The summed E-state index contributed by atoms with van der Waals surface area (Å²) in [5.74, 6) is 1.81. The summed E-state index contributed by atoms with van der Waals surface area (Å²) >= 11 is 1.64. The number of hydrogen-bond acceptors (Lipinski definition) is 6. The number of carbonyl (C=O) groups excluding carboxylic acids is 2.